The molecule has 1 aliphatic rings. The second-order valence-corrected chi connectivity index (χ2v) is 7.44. The van der Waals surface area contributed by atoms with Gasteiger partial charge < -0.3 is 14.3 Å². The van der Waals surface area contributed by atoms with Gasteiger partial charge in [-0.3, -0.25) is 0 Å². The van der Waals surface area contributed by atoms with Crippen LogP contribution in [0.4, 0.5) is 17.6 Å². The lowest BCUT2D eigenvalue weighted by molar-refractivity contribution is 0.0123. The summed E-state index contributed by atoms with van der Waals surface area (Å²) in [5.74, 6) is -11.6. The molecule has 0 bridgehead atoms. The minimum atomic E-state index is -4.21. The minimum Gasteiger partial charge on any atom is -0.491 e. The van der Waals surface area contributed by atoms with E-state index < -0.39 is 61.2 Å². The van der Waals surface area contributed by atoms with Crippen molar-refractivity contribution in [3.63, 3.8) is 0 Å². The van der Waals surface area contributed by atoms with Crippen molar-refractivity contribution in [2.45, 2.75) is 25.9 Å². The van der Waals surface area contributed by atoms with Gasteiger partial charge in [0.15, 0.2) is 22.5 Å². The minimum absolute atomic E-state index is 0.0883. The van der Waals surface area contributed by atoms with E-state index in [2.05, 4.69) is 14.6 Å². The third-order valence-electron chi connectivity index (χ3n) is 3.08. The second kappa shape index (κ2) is 6.11. The maximum Gasteiger partial charge on any atom is 0.230 e. The van der Waals surface area contributed by atoms with Crippen molar-refractivity contribution in [1.29, 1.82) is 0 Å². The summed E-state index contributed by atoms with van der Waals surface area (Å²) in [6, 6.07) is 0. The Labute approximate surface area is 134 Å². The van der Waals surface area contributed by atoms with E-state index in [0.29, 0.717) is 0 Å². The quantitative estimate of drug-likeness (QED) is 0.601. The zero-order chi connectivity index (χ0) is 18.3. The van der Waals surface area contributed by atoms with Crippen molar-refractivity contribution >= 4 is 14.9 Å². The zero-order valence-corrected chi connectivity index (χ0v) is 13.6. The number of benzene rings is 1. The van der Waals surface area contributed by atoms with Crippen molar-refractivity contribution in [3.8, 4) is 11.5 Å². The first kappa shape index (κ1) is 18.3. The standard InChI is InChI=1S/C13H13F4NO5S/c1-13(2)4-6(18-23-13)24(19,20)5-22-12-9(16)7(14)11(21-3)8(15)10(12)17/h4-5H2,1-3H3. The Morgan fingerprint density at radius 1 is 1.08 bits per heavy atom. The van der Waals surface area contributed by atoms with Crippen molar-refractivity contribution in [2.24, 2.45) is 5.16 Å². The smallest absolute Gasteiger partial charge is 0.230 e. The Morgan fingerprint density at radius 2 is 1.58 bits per heavy atom. The first-order valence-corrected chi connectivity index (χ1v) is 8.16. The Hall–Kier alpha value is -2.04. The molecule has 0 spiro atoms. The Kier molecular flexibility index (Phi) is 4.66. The van der Waals surface area contributed by atoms with Crippen LogP contribution in [-0.2, 0) is 14.7 Å². The van der Waals surface area contributed by atoms with Gasteiger partial charge in [0.05, 0.1) is 7.11 Å². The molecule has 0 atom stereocenters. The largest absolute Gasteiger partial charge is 0.491 e. The van der Waals surface area contributed by atoms with Crippen LogP contribution in [0.1, 0.15) is 20.3 Å². The van der Waals surface area contributed by atoms with Crippen LogP contribution in [-0.4, -0.2) is 32.1 Å². The van der Waals surface area contributed by atoms with E-state index in [1.54, 1.807) is 13.8 Å². The fraction of sp³-hybridized carbons (Fsp3) is 0.462. The average molecular weight is 371 g/mol. The molecule has 0 aromatic heterocycles. The lowest BCUT2D eigenvalue weighted by Gasteiger charge is -2.14. The van der Waals surface area contributed by atoms with Gasteiger partial charge in [-0.25, -0.2) is 8.42 Å². The normalized spacial score (nSPS) is 16.5. The molecule has 0 saturated heterocycles. The first-order valence-electron chi connectivity index (χ1n) is 6.50. The molecule has 1 heterocycles. The van der Waals surface area contributed by atoms with Crippen molar-refractivity contribution in [1.82, 2.24) is 0 Å². The molecule has 1 aliphatic heterocycles. The Balaban J connectivity index is 2.27. The second-order valence-electron chi connectivity index (χ2n) is 5.51. The van der Waals surface area contributed by atoms with Crippen LogP contribution in [0.2, 0.25) is 0 Å². The molecule has 0 saturated carbocycles. The molecular formula is C13H13F4NO5S. The summed E-state index contributed by atoms with van der Waals surface area (Å²) in [6.45, 7) is 3.15. The highest BCUT2D eigenvalue weighted by Crippen LogP contribution is 2.34. The topological polar surface area (TPSA) is 74.2 Å². The number of sulfone groups is 1. The van der Waals surface area contributed by atoms with Crippen molar-refractivity contribution < 1.29 is 40.3 Å². The van der Waals surface area contributed by atoms with E-state index in [9.17, 15) is 26.0 Å². The summed E-state index contributed by atoms with van der Waals surface area (Å²) in [4.78, 5) is 4.88. The number of hydrogen-bond donors (Lipinski definition) is 0. The summed E-state index contributed by atoms with van der Waals surface area (Å²) in [7, 11) is -3.40. The number of oxime groups is 1. The van der Waals surface area contributed by atoms with Crippen LogP contribution < -0.4 is 9.47 Å². The summed E-state index contributed by atoms with van der Waals surface area (Å²) < 4.78 is 87.3. The molecule has 11 heteroatoms. The Bertz CT molecular complexity index is 778. The van der Waals surface area contributed by atoms with E-state index in [-0.39, 0.29) is 6.42 Å². The van der Waals surface area contributed by atoms with Crippen molar-refractivity contribution in [3.05, 3.63) is 23.3 Å². The van der Waals surface area contributed by atoms with Crippen LogP contribution in [0.5, 0.6) is 11.5 Å². The van der Waals surface area contributed by atoms with Crippen LogP contribution in [0.15, 0.2) is 5.16 Å². The molecule has 1 aromatic carbocycles. The van der Waals surface area contributed by atoms with Gasteiger partial charge >= 0.3 is 0 Å². The number of methoxy groups -OCH3 is 1. The van der Waals surface area contributed by atoms with Gasteiger partial charge in [-0.1, -0.05) is 5.16 Å². The predicted octanol–water partition coefficient (Wildman–Crippen LogP) is 2.52. The number of ether oxygens (including phenoxy) is 2. The molecule has 0 N–H and O–H groups in total. The number of hydrogen-bond acceptors (Lipinski definition) is 6. The van der Waals surface area contributed by atoms with Crippen LogP contribution in [0.3, 0.4) is 0 Å². The lowest BCUT2D eigenvalue weighted by atomic mass is 10.1. The third kappa shape index (κ3) is 3.25. The molecular weight excluding hydrogens is 358 g/mol. The molecule has 0 fully saturated rings. The molecule has 0 aliphatic carbocycles. The average Bonchev–Trinajstić information content (AvgIpc) is 2.87. The third-order valence-corrected chi connectivity index (χ3v) is 4.44. The highest BCUT2D eigenvalue weighted by Gasteiger charge is 2.37. The van der Waals surface area contributed by atoms with Gasteiger partial charge in [-0.15, -0.1) is 0 Å². The van der Waals surface area contributed by atoms with E-state index in [1.807, 2.05) is 0 Å². The number of nitrogens with zero attached hydrogens (tertiary/aromatic N) is 1. The van der Waals surface area contributed by atoms with Gasteiger partial charge in [0.25, 0.3) is 0 Å². The fourth-order valence-corrected chi connectivity index (χ4v) is 3.00. The van der Waals surface area contributed by atoms with Crippen LogP contribution in [0, 0.1) is 23.3 Å². The summed E-state index contributed by atoms with van der Waals surface area (Å²) in [6.07, 6.45) is -0.0883. The van der Waals surface area contributed by atoms with Gasteiger partial charge in [-0.05, 0) is 13.8 Å². The number of rotatable bonds is 4. The molecule has 134 valence electrons. The summed E-state index contributed by atoms with van der Waals surface area (Å²) in [5.41, 5.74) is -0.864. The maximum atomic E-state index is 13.7. The molecule has 0 radical (unpaired) electrons. The molecule has 0 unspecified atom stereocenters. The van der Waals surface area contributed by atoms with Crippen molar-refractivity contribution in [2.75, 3.05) is 13.0 Å². The van der Waals surface area contributed by atoms with Gasteiger partial charge in [0.1, 0.15) is 5.60 Å². The molecule has 1 aromatic rings. The number of halogens is 4. The molecule has 6 nitrogen and oxygen atoms in total. The summed E-state index contributed by atoms with van der Waals surface area (Å²) >= 11 is 0. The van der Waals surface area contributed by atoms with E-state index >= 15 is 0 Å². The Morgan fingerprint density at radius 3 is 2.00 bits per heavy atom. The van der Waals surface area contributed by atoms with Gasteiger partial charge in [-0.2, -0.15) is 17.6 Å². The van der Waals surface area contributed by atoms with E-state index in [1.165, 1.54) is 0 Å². The molecule has 0 amide bonds. The predicted molar refractivity (Wildman–Crippen MR) is 74.5 cm³/mol. The fourth-order valence-electron chi connectivity index (χ4n) is 1.87. The van der Waals surface area contributed by atoms with Gasteiger partial charge in [0, 0.05) is 6.42 Å². The first-order chi connectivity index (χ1) is 11.0. The highest BCUT2D eigenvalue weighted by atomic mass is 32.2. The van der Waals surface area contributed by atoms with Crippen LogP contribution >= 0.6 is 0 Å². The lowest BCUT2D eigenvalue weighted by Crippen LogP contribution is -2.26. The zero-order valence-electron chi connectivity index (χ0n) is 12.8. The van der Waals surface area contributed by atoms with E-state index in [0.717, 1.165) is 7.11 Å². The van der Waals surface area contributed by atoms with E-state index in [4.69, 9.17) is 4.84 Å². The highest BCUT2D eigenvalue weighted by molar-refractivity contribution is 8.06. The summed E-state index contributed by atoms with van der Waals surface area (Å²) in [5, 5.41) is 2.97. The van der Waals surface area contributed by atoms with Crippen LogP contribution in [0.25, 0.3) is 0 Å². The van der Waals surface area contributed by atoms with Gasteiger partial charge in [0.2, 0.25) is 33.1 Å². The maximum absolute atomic E-state index is 13.7. The molecule has 24 heavy (non-hydrogen) atoms. The SMILES string of the molecule is COc1c(F)c(F)c(OCS(=O)(=O)C2=NOC(C)(C)C2)c(F)c1F. The molecule has 2 rings (SSSR count). The monoisotopic (exact) mass is 371 g/mol.